The van der Waals surface area contributed by atoms with Crippen molar-refractivity contribution in [2.75, 3.05) is 13.7 Å². The van der Waals surface area contributed by atoms with Gasteiger partial charge >= 0.3 is 79.5 Å². The second-order valence-corrected chi connectivity index (χ2v) is 4.96. The summed E-state index contributed by atoms with van der Waals surface area (Å²) in [5, 5.41) is 0. The number of ether oxygens (including phenoxy) is 1. The molecule has 0 aromatic carbocycles. The van der Waals surface area contributed by atoms with Crippen molar-refractivity contribution in [1.82, 2.24) is 0 Å². The van der Waals surface area contributed by atoms with Crippen molar-refractivity contribution in [2.45, 2.75) is 24.2 Å². The van der Waals surface area contributed by atoms with Crippen LogP contribution in [0.4, 0.5) is 0 Å². The second kappa shape index (κ2) is 10.3. The summed E-state index contributed by atoms with van der Waals surface area (Å²) in [5.41, 5.74) is 3.13. The zero-order chi connectivity index (χ0) is 8.36. The Labute approximate surface area is 79.6 Å². The van der Waals surface area contributed by atoms with Crippen LogP contribution < -0.4 is 0 Å². The number of hydrogen-bond acceptors (Lipinski definition) is 1. The predicted molar refractivity (Wildman–Crippen MR) is 50.0 cm³/mol. The molecule has 0 heterocycles. The summed E-state index contributed by atoms with van der Waals surface area (Å²) in [7, 11) is 1.70. The zero-order valence-corrected chi connectivity index (χ0v) is 9.63. The molecule has 0 spiro atoms. The molecule has 1 nitrogen and oxygen atoms in total. The monoisotopic (exact) mass is 270 g/mol. The number of unbranched alkanes of at least 4 members (excludes halogenated alkanes) is 1. The fourth-order valence-corrected chi connectivity index (χ4v) is 2.70. The van der Waals surface area contributed by atoms with Gasteiger partial charge in [-0.3, -0.25) is 0 Å². The molecule has 2 heteroatoms. The third-order valence-electron chi connectivity index (χ3n) is 1.13. The van der Waals surface area contributed by atoms with Gasteiger partial charge < -0.3 is 0 Å². The van der Waals surface area contributed by atoms with E-state index in [2.05, 4.69) is 16.8 Å². The van der Waals surface area contributed by atoms with E-state index in [0.29, 0.717) is 6.61 Å². The summed E-state index contributed by atoms with van der Waals surface area (Å²) >= 11 is 0.120. The Kier molecular flexibility index (Phi) is 10.5. The predicted octanol–water partition coefficient (Wildman–Crippen LogP) is 2.22. The fourth-order valence-electron chi connectivity index (χ4n) is 0.514. The van der Waals surface area contributed by atoms with Gasteiger partial charge in [0.1, 0.15) is 0 Å². The molecule has 0 aromatic heterocycles. The van der Waals surface area contributed by atoms with E-state index in [4.69, 9.17) is 4.74 Å². The fraction of sp³-hybridized carbons (Fsp3) is 0.667. The van der Waals surface area contributed by atoms with Gasteiger partial charge in [0, 0.05) is 0 Å². The molecule has 0 aromatic rings. The van der Waals surface area contributed by atoms with E-state index in [1.807, 2.05) is 6.08 Å². The average Bonchev–Trinajstić information content (AvgIpc) is 2.03. The Bertz CT molecular complexity index is 126. The summed E-state index contributed by atoms with van der Waals surface area (Å²) in [6.07, 6.45) is 4.64. The van der Waals surface area contributed by atoms with Crippen molar-refractivity contribution in [3.05, 3.63) is 15.9 Å². The van der Waals surface area contributed by atoms with E-state index < -0.39 is 0 Å². The van der Waals surface area contributed by atoms with Crippen molar-refractivity contribution in [3.8, 4) is 0 Å². The van der Waals surface area contributed by atoms with Crippen LogP contribution >= 0.6 is 0 Å². The molecule has 0 fully saturated rings. The Balaban J connectivity index is 3.14. The van der Waals surface area contributed by atoms with E-state index in [0.717, 1.165) is 0 Å². The molecule has 0 amide bonds. The quantitative estimate of drug-likeness (QED) is 0.407. The maximum absolute atomic E-state index is 4.85. The van der Waals surface area contributed by atoms with Crippen molar-refractivity contribution in [2.24, 2.45) is 0 Å². The van der Waals surface area contributed by atoms with Gasteiger partial charge in [-0.15, -0.1) is 0 Å². The number of methoxy groups -OCH3 is 1. The van der Waals surface area contributed by atoms with Crippen LogP contribution in [-0.4, -0.2) is 34.6 Å². The SMILES string of the molecule is CCCC[Te]C=C=CCOC. The van der Waals surface area contributed by atoms with E-state index in [9.17, 15) is 0 Å². The Hall–Kier alpha value is 0.270. The van der Waals surface area contributed by atoms with Crippen molar-refractivity contribution < 1.29 is 4.74 Å². The Morgan fingerprint density at radius 2 is 2.36 bits per heavy atom. The molecule has 0 bridgehead atoms. The van der Waals surface area contributed by atoms with Crippen molar-refractivity contribution >= 4 is 20.9 Å². The third kappa shape index (κ3) is 10.3. The molecule has 0 rings (SSSR count). The van der Waals surface area contributed by atoms with Crippen LogP contribution in [0.2, 0.25) is 4.47 Å². The summed E-state index contributed by atoms with van der Waals surface area (Å²) in [6.45, 7) is 2.93. The molecule has 0 saturated carbocycles. The average molecular weight is 268 g/mol. The number of rotatable bonds is 6. The van der Waals surface area contributed by atoms with Gasteiger partial charge in [-0.05, 0) is 0 Å². The molecule has 64 valence electrons. The van der Waals surface area contributed by atoms with Crippen LogP contribution in [0.5, 0.6) is 0 Å². The molecule has 0 aliphatic heterocycles. The first-order chi connectivity index (χ1) is 5.41. The standard InChI is InChI=1S/C9H16OTe/c1-3-4-8-11-9-6-5-7-10-2/h5,9H,3-4,7-8H2,1-2H3. The molecule has 11 heavy (non-hydrogen) atoms. The van der Waals surface area contributed by atoms with Gasteiger partial charge in [0.2, 0.25) is 0 Å². The minimum atomic E-state index is 0.120. The van der Waals surface area contributed by atoms with Gasteiger partial charge in [-0.2, -0.15) is 0 Å². The number of hydrogen-bond donors (Lipinski definition) is 0. The van der Waals surface area contributed by atoms with Gasteiger partial charge in [-0.1, -0.05) is 0 Å². The van der Waals surface area contributed by atoms with Gasteiger partial charge in [0.15, 0.2) is 0 Å². The Morgan fingerprint density at radius 1 is 1.55 bits per heavy atom. The van der Waals surface area contributed by atoms with Crippen LogP contribution in [0, 0.1) is 0 Å². The zero-order valence-electron chi connectivity index (χ0n) is 7.30. The summed E-state index contributed by atoms with van der Waals surface area (Å²) < 4.78 is 8.47. The van der Waals surface area contributed by atoms with E-state index >= 15 is 0 Å². The Morgan fingerprint density at radius 3 is 3.00 bits per heavy atom. The van der Waals surface area contributed by atoms with Gasteiger partial charge in [0.05, 0.1) is 0 Å². The van der Waals surface area contributed by atoms with Crippen LogP contribution in [0.25, 0.3) is 0 Å². The van der Waals surface area contributed by atoms with Crippen molar-refractivity contribution in [1.29, 1.82) is 0 Å². The first kappa shape index (κ1) is 11.3. The molecule has 0 unspecified atom stereocenters. The topological polar surface area (TPSA) is 9.23 Å². The van der Waals surface area contributed by atoms with Crippen LogP contribution in [-0.2, 0) is 4.74 Å². The maximum atomic E-state index is 4.85. The molecule has 0 atom stereocenters. The summed E-state index contributed by atoms with van der Waals surface area (Å²) in [5.74, 6) is 0. The van der Waals surface area contributed by atoms with E-state index in [1.165, 1.54) is 17.3 Å². The molecule has 0 aliphatic rings. The van der Waals surface area contributed by atoms with Crippen LogP contribution in [0.3, 0.4) is 0 Å². The summed E-state index contributed by atoms with van der Waals surface area (Å²) in [4.78, 5) is 0. The van der Waals surface area contributed by atoms with Gasteiger partial charge in [0.25, 0.3) is 0 Å². The molecular weight excluding hydrogens is 252 g/mol. The molecule has 0 aliphatic carbocycles. The first-order valence-corrected chi connectivity index (χ1v) is 6.91. The minimum absolute atomic E-state index is 0.120. The first-order valence-electron chi connectivity index (χ1n) is 3.91. The third-order valence-corrected chi connectivity index (χ3v) is 3.50. The molecule has 0 saturated heterocycles. The second-order valence-electron chi connectivity index (χ2n) is 2.17. The van der Waals surface area contributed by atoms with Crippen LogP contribution in [0.15, 0.2) is 15.9 Å². The normalized spacial score (nSPS) is 8.91. The molecular formula is C9H16OTe. The van der Waals surface area contributed by atoms with E-state index in [-0.39, 0.29) is 20.9 Å². The van der Waals surface area contributed by atoms with E-state index in [1.54, 1.807) is 7.11 Å². The molecule has 0 radical (unpaired) electrons. The van der Waals surface area contributed by atoms with Gasteiger partial charge in [-0.25, -0.2) is 0 Å². The van der Waals surface area contributed by atoms with Crippen LogP contribution in [0.1, 0.15) is 19.8 Å². The molecule has 0 N–H and O–H groups in total. The van der Waals surface area contributed by atoms with Crippen molar-refractivity contribution in [3.63, 3.8) is 0 Å². The summed E-state index contributed by atoms with van der Waals surface area (Å²) in [6, 6.07) is 0.